The topological polar surface area (TPSA) is 52.6 Å². The molecule has 0 N–H and O–H groups in total. The quantitative estimate of drug-likeness (QED) is 0.629. The number of rotatable bonds is 2. The molecule has 0 unspecified atom stereocenters. The molecule has 0 spiro atoms. The highest BCUT2D eigenvalue weighted by Crippen LogP contribution is 2.69. The van der Waals surface area contributed by atoms with Crippen LogP contribution in [0.15, 0.2) is 42.0 Å². The first kappa shape index (κ1) is 20.8. The van der Waals surface area contributed by atoms with Crippen LogP contribution in [0.3, 0.4) is 0 Å². The molecule has 32 heavy (non-hydrogen) atoms. The Labute approximate surface area is 190 Å². The first-order valence-corrected chi connectivity index (χ1v) is 12.5. The SMILES string of the molecule is CC(=O)[C@]12O[C@](C)(c3ccccc3)O[C@@H]1C[C@@H]1[C@@H]3CCC4=CC(=O)CC[C@@H]4[C@@H]3CC[C@@]12C. The molecule has 4 heteroatoms. The van der Waals surface area contributed by atoms with Crippen molar-refractivity contribution >= 4 is 11.6 Å². The van der Waals surface area contributed by atoms with Crippen molar-refractivity contribution in [3.05, 3.63) is 47.5 Å². The minimum absolute atomic E-state index is 0.116. The van der Waals surface area contributed by atoms with Crippen molar-refractivity contribution in [3.8, 4) is 0 Å². The molecule has 1 aromatic carbocycles. The van der Waals surface area contributed by atoms with Crippen LogP contribution in [0.2, 0.25) is 0 Å². The monoisotopic (exact) mass is 434 g/mol. The second-order valence-corrected chi connectivity index (χ2v) is 11.3. The summed E-state index contributed by atoms with van der Waals surface area (Å²) in [5, 5.41) is 0. The smallest absolute Gasteiger partial charge is 0.193 e. The van der Waals surface area contributed by atoms with E-state index in [0.29, 0.717) is 35.9 Å². The van der Waals surface area contributed by atoms with Crippen LogP contribution >= 0.6 is 0 Å². The lowest BCUT2D eigenvalue weighted by atomic mass is 9.50. The minimum Gasteiger partial charge on any atom is -0.339 e. The van der Waals surface area contributed by atoms with E-state index in [0.717, 1.165) is 44.1 Å². The fraction of sp³-hybridized carbons (Fsp3) is 0.643. The maximum absolute atomic E-state index is 13.4. The molecule has 0 bridgehead atoms. The van der Waals surface area contributed by atoms with Crippen molar-refractivity contribution in [2.45, 2.75) is 83.2 Å². The highest BCUT2D eigenvalue weighted by molar-refractivity contribution is 5.91. The average molecular weight is 435 g/mol. The molecular weight excluding hydrogens is 400 g/mol. The van der Waals surface area contributed by atoms with Gasteiger partial charge in [0.2, 0.25) is 0 Å². The second kappa shape index (κ2) is 6.87. The van der Waals surface area contributed by atoms with E-state index in [1.165, 1.54) is 5.57 Å². The molecule has 4 aliphatic carbocycles. The molecule has 1 saturated heterocycles. The number of fused-ring (bicyclic) bond motifs is 7. The van der Waals surface area contributed by atoms with Crippen LogP contribution in [0, 0.1) is 29.1 Å². The van der Waals surface area contributed by atoms with Gasteiger partial charge in [0, 0.05) is 17.4 Å². The van der Waals surface area contributed by atoms with Crippen LogP contribution in [0.5, 0.6) is 0 Å². The van der Waals surface area contributed by atoms with E-state index in [-0.39, 0.29) is 17.3 Å². The number of carbonyl (C=O) groups excluding carboxylic acids is 2. The molecule has 8 atom stereocenters. The van der Waals surface area contributed by atoms with Gasteiger partial charge >= 0.3 is 0 Å². The van der Waals surface area contributed by atoms with Crippen LogP contribution in [0.25, 0.3) is 0 Å². The van der Waals surface area contributed by atoms with Gasteiger partial charge in [-0.2, -0.15) is 0 Å². The largest absolute Gasteiger partial charge is 0.339 e. The Morgan fingerprint density at radius 2 is 1.81 bits per heavy atom. The Hall–Kier alpha value is -1.78. The number of ketones is 2. The van der Waals surface area contributed by atoms with Gasteiger partial charge in [-0.1, -0.05) is 42.8 Å². The van der Waals surface area contributed by atoms with Gasteiger partial charge in [-0.3, -0.25) is 9.59 Å². The number of Topliss-reactive ketones (excluding diaryl/α,β-unsaturated/α-hetero) is 1. The van der Waals surface area contributed by atoms with Gasteiger partial charge in [0.15, 0.2) is 23.0 Å². The van der Waals surface area contributed by atoms with Gasteiger partial charge < -0.3 is 9.47 Å². The van der Waals surface area contributed by atoms with Crippen molar-refractivity contribution in [1.82, 2.24) is 0 Å². The maximum Gasteiger partial charge on any atom is 0.193 e. The highest BCUT2D eigenvalue weighted by atomic mass is 16.8. The van der Waals surface area contributed by atoms with Crippen molar-refractivity contribution < 1.29 is 19.1 Å². The molecule has 1 aliphatic heterocycles. The van der Waals surface area contributed by atoms with Crippen LogP contribution in [0.4, 0.5) is 0 Å². The zero-order chi connectivity index (χ0) is 22.3. The maximum atomic E-state index is 13.4. The van der Waals surface area contributed by atoms with Crippen molar-refractivity contribution in [3.63, 3.8) is 0 Å². The predicted molar refractivity (Wildman–Crippen MR) is 121 cm³/mol. The molecule has 170 valence electrons. The van der Waals surface area contributed by atoms with E-state index in [1.54, 1.807) is 6.92 Å². The highest BCUT2D eigenvalue weighted by Gasteiger charge is 2.75. The van der Waals surface area contributed by atoms with Gasteiger partial charge in [-0.05, 0) is 82.1 Å². The molecule has 0 radical (unpaired) electrons. The zero-order valence-electron chi connectivity index (χ0n) is 19.4. The third-order valence-electron chi connectivity index (χ3n) is 10.0. The van der Waals surface area contributed by atoms with Crippen LogP contribution in [0.1, 0.15) is 71.3 Å². The number of carbonyl (C=O) groups is 2. The Bertz CT molecular complexity index is 998. The van der Waals surface area contributed by atoms with Crippen molar-refractivity contribution in [2.24, 2.45) is 29.1 Å². The van der Waals surface area contributed by atoms with Crippen molar-refractivity contribution in [1.29, 1.82) is 0 Å². The third kappa shape index (κ3) is 2.57. The number of ether oxygens (including phenoxy) is 2. The van der Waals surface area contributed by atoms with Gasteiger partial charge in [-0.15, -0.1) is 0 Å². The molecule has 1 aromatic rings. The first-order chi connectivity index (χ1) is 15.3. The van der Waals surface area contributed by atoms with Crippen LogP contribution in [-0.4, -0.2) is 23.3 Å². The van der Waals surface area contributed by atoms with E-state index in [2.05, 4.69) is 6.92 Å². The predicted octanol–water partition coefficient (Wildman–Crippen LogP) is 5.35. The van der Waals surface area contributed by atoms with Crippen molar-refractivity contribution in [2.75, 3.05) is 0 Å². The summed E-state index contributed by atoms with van der Waals surface area (Å²) in [6.45, 7) is 6.00. The van der Waals surface area contributed by atoms with Crippen LogP contribution in [-0.2, 0) is 24.8 Å². The van der Waals surface area contributed by atoms with Gasteiger partial charge in [-0.25, -0.2) is 0 Å². The Balaban J connectivity index is 1.36. The lowest BCUT2D eigenvalue weighted by Crippen LogP contribution is -2.59. The molecule has 6 rings (SSSR count). The summed E-state index contributed by atoms with van der Waals surface area (Å²) in [4.78, 5) is 25.4. The summed E-state index contributed by atoms with van der Waals surface area (Å²) in [5.41, 5.74) is 1.27. The summed E-state index contributed by atoms with van der Waals surface area (Å²) in [5.74, 6) is 1.73. The molecule has 1 heterocycles. The summed E-state index contributed by atoms with van der Waals surface area (Å²) in [6.07, 6.45) is 8.60. The molecule has 0 aromatic heterocycles. The molecule has 3 saturated carbocycles. The number of allylic oxidation sites excluding steroid dienone is 1. The second-order valence-electron chi connectivity index (χ2n) is 11.3. The summed E-state index contributed by atoms with van der Waals surface area (Å²) >= 11 is 0. The van der Waals surface area contributed by atoms with E-state index in [1.807, 2.05) is 43.3 Å². The molecule has 5 aliphatic rings. The summed E-state index contributed by atoms with van der Waals surface area (Å²) < 4.78 is 13.5. The minimum atomic E-state index is -0.894. The summed E-state index contributed by atoms with van der Waals surface area (Å²) in [6, 6.07) is 10.1. The molecule has 4 fully saturated rings. The molecular formula is C28H34O4. The van der Waals surface area contributed by atoms with Gasteiger partial charge in [0.05, 0.1) is 6.10 Å². The van der Waals surface area contributed by atoms with E-state index < -0.39 is 11.4 Å². The number of benzene rings is 1. The van der Waals surface area contributed by atoms with E-state index in [9.17, 15) is 9.59 Å². The fourth-order valence-electron chi connectivity index (χ4n) is 8.65. The average Bonchev–Trinajstić information content (AvgIpc) is 3.23. The number of hydrogen-bond acceptors (Lipinski definition) is 4. The lowest BCUT2D eigenvalue weighted by Gasteiger charge is -2.55. The standard InChI is InChI=1S/C28H34O4/c1-17(29)28-25(31-27(3,32-28)19-7-5-4-6-8-19)16-24-23-11-9-18-15-20(30)10-12-21(18)22(23)13-14-26(24,28)2/h4-8,15,21-25H,9-14,16H2,1-3H3/t21-,22-,23+,24+,25+,26-,27+,28-/m0/s1. The lowest BCUT2D eigenvalue weighted by molar-refractivity contribution is -0.226. The molecule has 4 nitrogen and oxygen atoms in total. The Morgan fingerprint density at radius 1 is 1.03 bits per heavy atom. The van der Waals surface area contributed by atoms with Gasteiger partial charge in [0.25, 0.3) is 0 Å². The van der Waals surface area contributed by atoms with E-state index >= 15 is 0 Å². The van der Waals surface area contributed by atoms with Crippen LogP contribution < -0.4 is 0 Å². The first-order valence-electron chi connectivity index (χ1n) is 12.5. The van der Waals surface area contributed by atoms with E-state index in [4.69, 9.17) is 9.47 Å². The zero-order valence-corrected chi connectivity index (χ0v) is 19.4. The molecule has 0 amide bonds. The summed E-state index contributed by atoms with van der Waals surface area (Å²) in [7, 11) is 0. The fourth-order valence-corrected chi connectivity index (χ4v) is 8.65. The third-order valence-corrected chi connectivity index (χ3v) is 10.0. The van der Waals surface area contributed by atoms with Gasteiger partial charge in [0.1, 0.15) is 0 Å². The normalized spacial score (nSPS) is 47.2. The number of hydrogen-bond donors (Lipinski definition) is 0. The Kier molecular flexibility index (Phi) is 4.46. The Morgan fingerprint density at radius 3 is 2.56 bits per heavy atom.